The average molecular weight is 445 g/mol. The van der Waals surface area contributed by atoms with E-state index in [2.05, 4.69) is 22.5 Å². The molecule has 3 rings (SSSR count). The second-order valence-electron chi connectivity index (χ2n) is 8.07. The summed E-state index contributed by atoms with van der Waals surface area (Å²) in [6.45, 7) is 5.85. The van der Waals surface area contributed by atoms with E-state index in [1.807, 2.05) is 24.3 Å². The molecule has 0 aromatic heterocycles. The minimum absolute atomic E-state index is 0. The van der Waals surface area contributed by atoms with Gasteiger partial charge in [-0.25, -0.2) is 0 Å². The first-order chi connectivity index (χ1) is 13.0. The highest BCUT2D eigenvalue weighted by molar-refractivity contribution is 5.90. The lowest BCUT2D eigenvalue weighted by atomic mass is 9.85. The third kappa shape index (κ3) is 7.45. The van der Waals surface area contributed by atoms with Gasteiger partial charge in [0.2, 0.25) is 11.8 Å². The summed E-state index contributed by atoms with van der Waals surface area (Å²) in [7, 11) is 0. The van der Waals surface area contributed by atoms with Crippen LogP contribution in [0.2, 0.25) is 0 Å². The van der Waals surface area contributed by atoms with E-state index in [1.165, 1.54) is 12.8 Å². The van der Waals surface area contributed by atoms with Gasteiger partial charge in [0.25, 0.3) is 0 Å². The van der Waals surface area contributed by atoms with Crippen LogP contribution in [0.15, 0.2) is 24.3 Å². The van der Waals surface area contributed by atoms with Crippen LogP contribution in [-0.4, -0.2) is 42.4 Å². The summed E-state index contributed by atoms with van der Waals surface area (Å²) in [4.78, 5) is 26.2. The van der Waals surface area contributed by atoms with E-state index in [0.29, 0.717) is 24.8 Å². The molecule has 1 aromatic rings. The Morgan fingerprint density at radius 3 is 2.76 bits per heavy atom. The molecule has 0 spiro atoms. The number of hydrogen-bond donors (Lipinski definition) is 3. The van der Waals surface area contributed by atoms with Crippen molar-refractivity contribution in [3.63, 3.8) is 0 Å². The molecule has 3 atom stereocenters. The SMILES string of the molecule is CC(CC(=O)Nc1cccc(CN2CCCC2C(N)=O)c1)C1CCCNC1.Cl.Cl. The predicted molar refractivity (Wildman–Crippen MR) is 122 cm³/mol. The van der Waals surface area contributed by atoms with Crippen LogP contribution in [0.25, 0.3) is 0 Å². The molecule has 6 nitrogen and oxygen atoms in total. The number of nitrogens with two attached hydrogens (primary N) is 1. The topological polar surface area (TPSA) is 87.5 Å². The zero-order valence-corrected chi connectivity index (χ0v) is 18.7. The zero-order valence-electron chi connectivity index (χ0n) is 17.1. The van der Waals surface area contributed by atoms with E-state index in [0.717, 1.165) is 43.7 Å². The molecular formula is C21H34Cl2N4O2. The van der Waals surface area contributed by atoms with E-state index in [4.69, 9.17) is 5.73 Å². The lowest BCUT2D eigenvalue weighted by molar-refractivity contribution is -0.122. The Balaban J connectivity index is 0.00000210. The summed E-state index contributed by atoms with van der Waals surface area (Å²) in [5.74, 6) is 0.781. The number of halogens is 2. The third-order valence-corrected chi connectivity index (χ3v) is 5.94. The van der Waals surface area contributed by atoms with Crippen LogP contribution in [0.3, 0.4) is 0 Å². The largest absolute Gasteiger partial charge is 0.368 e. The average Bonchev–Trinajstić information content (AvgIpc) is 3.11. The quantitative estimate of drug-likeness (QED) is 0.602. The molecule has 2 aliphatic heterocycles. The Morgan fingerprint density at radius 1 is 1.28 bits per heavy atom. The van der Waals surface area contributed by atoms with Crippen molar-refractivity contribution in [2.24, 2.45) is 17.6 Å². The molecule has 0 bridgehead atoms. The Hall–Kier alpha value is -1.34. The molecule has 1 aromatic carbocycles. The van der Waals surface area contributed by atoms with Gasteiger partial charge in [-0.05, 0) is 74.8 Å². The van der Waals surface area contributed by atoms with Crippen LogP contribution in [0.4, 0.5) is 5.69 Å². The number of amides is 2. The van der Waals surface area contributed by atoms with Gasteiger partial charge in [0.1, 0.15) is 0 Å². The smallest absolute Gasteiger partial charge is 0.234 e. The highest BCUT2D eigenvalue weighted by Gasteiger charge is 2.28. The highest BCUT2D eigenvalue weighted by Crippen LogP contribution is 2.24. The molecule has 2 aliphatic rings. The summed E-state index contributed by atoms with van der Waals surface area (Å²) in [5.41, 5.74) is 7.41. The van der Waals surface area contributed by atoms with Crippen molar-refractivity contribution in [2.75, 3.05) is 25.0 Å². The number of anilines is 1. The summed E-state index contributed by atoms with van der Waals surface area (Å²) in [6, 6.07) is 7.73. The number of rotatable bonds is 7. The van der Waals surface area contributed by atoms with Gasteiger partial charge >= 0.3 is 0 Å². The molecule has 2 saturated heterocycles. The van der Waals surface area contributed by atoms with Crippen molar-refractivity contribution in [1.82, 2.24) is 10.2 Å². The third-order valence-electron chi connectivity index (χ3n) is 5.94. The lowest BCUT2D eigenvalue weighted by Crippen LogP contribution is -2.39. The molecule has 164 valence electrons. The summed E-state index contributed by atoms with van der Waals surface area (Å²) in [5, 5.41) is 6.46. The minimum Gasteiger partial charge on any atom is -0.368 e. The molecule has 8 heteroatoms. The molecule has 2 heterocycles. The van der Waals surface area contributed by atoms with Gasteiger partial charge in [-0.1, -0.05) is 19.1 Å². The van der Waals surface area contributed by atoms with Crippen LogP contribution >= 0.6 is 24.8 Å². The molecule has 0 aliphatic carbocycles. The van der Waals surface area contributed by atoms with Gasteiger partial charge in [-0.2, -0.15) is 0 Å². The number of benzene rings is 1. The molecule has 2 amide bonds. The number of piperidine rings is 1. The number of nitrogens with zero attached hydrogens (tertiary/aromatic N) is 1. The molecular weight excluding hydrogens is 411 g/mol. The number of nitrogens with one attached hydrogen (secondary N) is 2. The first kappa shape index (κ1) is 25.7. The molecule has 0 saturated carbocycles. The Labute approximate surface area is 186 Å². The lowest BCUT2D eigenvalue weighted by Gasteiger charge is -2.28. The maximum Gasteiger partial charge on any atom is 0.234 e. The normalized spacial score (nSPS) is 22.8. The van der Waals surface area contributed by atoms with Gasteiger partial charge in [-0.15, -0.1) is 24.8 Å². The Morgan fingerprint density at radius 2 is 2.07 bits per heavy atom. The zero-order chi connectivity index (χ0) is 19.2. The van der Waals surface area contributed by atoms with Gasteiger partial charge in [-0.3, -0.25) is 14.5 Å². The number of hydrogen-bond acceptors (Lipinski definition) is 4. The molecule has 2 fully saturated rings. The van der Waals surface area contributed by atoms with Gasteiger partial charge in [0, 0.05) is 18.7 Å². The fraction of sp³-hybridized carbons (Fsp3) is 0.619. The molecule has 29 heavy (non-hydrogen) atoms. The summed E-state index contributed by atoms with van der Waals surface area (Å²) in [6.07, 6.45) is 4.78. The maximum absolute atomic E-state index is 12.5. The Kier molecular flexibility index (Phi) is 11.0. The fourth-order valence-corrected chi connectivity index (χ4v) is 4.36. The Bertz CT molecular complexity index is 668. The van der Waals surface area contributed by atoms with Gasteiger partial charge < -0.3 is 16.4 Å². The number of likely N-dealkylation sites (tertiary alicyclic amines) is 1. The van der Waals surface area contributed by atoms with Crippen molar-refractivity contribution in [3.8, 4) is 0 Å². The highest BCUT2D eigenvalue weighted by atomic mass is 35.5. The second kappa shape index (κ2) is 12.4. The van der Waals surface area contributed by atoms with Crippen molar-refractivity contribution in [2.45, 2.75) is 51.6 Å². The van der Waals surface area contributed by atoms with E-state index in [1.54, 1.807) is 0 Å². The van der Waals surface area contributed by atoms with Gasteiger partial charge in [0.05, 0.1) is 6.04 Å². The van der Waals surface area contributed by atoms with E-state index < -0.39 is 0 Å². The van der Waals surface area contributed by atoms with Crippen molar-refractivity contribution < 1.29 is 9.59 Å². The summed E-state index contributed by atoms with van der Waals surface area (Å²) >= 11 is 0. The first-order valence-corrected chi connectivity index (χ1v) is 10.2. The molecule has 3 unspecified atom stereocenters. The number of carbonyl (C=O) groups is 2. The molecule has 0 radical (unpaired) electrons. The van der Waals surface area contributed by atoms with Crippen LogP contribution in [-0.2, 0) is 16.1 Å². The van der Waals surface area contributed by atoms with Crippen molar-refractivity contribution >= 4 is 42.3 Å². The predicted octanol–water partition coefficient (Wildman–Crippen LogP) is 2.94. The maximum atomic E-state index is 12.5. The van der Waals surface area contributed by atoms with Gasteiger partial charge in [0.15, 0.2) is 0 Å². The molecule has 4 N–H and O–H groups in total. The summed E-state index contributed by atoms with van der Waals surface area (Å²) < 4.78 is 0. The first-order valence-electron chi connectivity index (χ1n) is 10.2. The monoisotopic (exact) mass is 444 g/mol. The van der Waals surface area contributed by atoms with Crippen LogP contribution in [0, 0.1) is 11.8 Å². The number of carbonyl (C=O) groups excluding carboxylic acids is 2. The minimum atomic E-state index is -0.247. The van der Waals surface area contributed by atoms with Crippen molar-refractivity contribution in [3.05, 3.63) is 29.8 Å². The number of primary amides is 1. The standard InChI is InChI=1S/C21H32N4O2.2ClH/c1-15(17-6-3-9-23-13-17)11-20(26)24-18-7-2-5-16(12-18)14-25-10-4-8-19(25)21(22)27;;/h2,5,7,12,15,17,19,23H,3-4,6,8-11,13-14H2,1H3,(H2,22,27)(H,24,26);2*1H. The van der Waals surface area contributed by atoms with Crippen LogP contribution < -0.4 is 16.4 Å². The fourth-order valence-electron chi connectivity index (χ4n) is 4.36. The van der Waals surface area contributed by atoms with E-state index in [9.17, 15) is 9.59 Å². The van der Waals surface area contributed by atoms with Crippen LogP contribution in [0.5, 0.6) is 0 Å². The van der Waals surface area contributed by atoms with Crippen molar-refractivity contribution in [1.29, 1.82) is 0 Å². The van der Waals surface area contributed by atoms with E-state index >= 15 is 0 Å². The van der Waals surface area contributed by atoms with Crippen LogP contribution in [0.1, 0.15) is 44.6 Å². The second-order valence-corrected chi connectivity index (χ2v) is 8.07. The van der Waals surface area contributed by atoms with E-state index in [-0.39, 0.29) is 42.7 Å².